The van der Waals surface area contributed by atoms with E-state index in [4.69, 9.17) is 4.74 Å². The standard InChI is InChI=1S/C20H26N4O3/c25-19(15-24-20(26)18-7-2-1-6-16(18)12-21-24)23-10-5-11-27-17(14-23)13-22-8-3-4-9-22/h1-2,6-7,12,17H,3-5,8-11,13-15H2. The first-order valence-corrected chi connectivity index (χ1v) is 9.77. The molecule has 2 aromatic rings. The maximum atomic E-state index is 12.8. The molecule has 2 fully saturated rings. The third-order valence-corrected chi connectivity index (χ3v) is 5.41. The van der Waals surface area contributed by atoms with Gasteiger partial charge in [-0.25, -0.2) is 4.68 Å². The fourth-order valence-electron chi connectivity index (χ4n) is 3.95. The second-order valence-corrected chi connectivity index (χ2v) is 7.39. The summed E-state index contributed by atoms with van der Waals surface area (Å²) in [6, 6.07) is 7.32. The lowest BCUT2D eigenvalue weighted by molar-refractivity contribution is -0.133. The Balaban J connectivity index is 1.45. The summed E-state index contributed by atoms with van der Waals surface area (Å²) in [5.74, 6) is -0.0724. The van der Waals surface area contributed by atoms with Gasteiger partial charge in [-0.05, 0) is 38.4 Å². The van der Waals surface area contributed by atoms with E-state index < -0.39 is 0 Å². The van der Waals surface area contributed by atoms with E-state index in [-0.39, 0.29) is 24.1 Å². The Bertz CT molecular complexity index is 860. The molecule has 2 aliphatic rings. The second-order valence-electron chi connectivity index (χ2n) is 7.39. The number of carbonyl (C=O) groups excluding carboxylic acids is 1. The summed E-state index contributed by atoms with van der Waals surface area (Å²) in [7, 11) is 0. The van der Waals surface area contributed by atoms with Crippen LogP contribution in [-0.4, -0.2) is 70.9 Å². The molecular formula is C20H26N4O3. The molecule has 0 bridgehead atoms. The lowest BCUT2D eigenvalue weighted by atomic mass is 10.2. The van der Waals surface area contributed by atoms with Crippen LogP contribution in [0.25, 0.3) is 10.8 Å². The summed E-state index contributed by atoms with van der Waals surface area (Å²) >= 11 is 0. The van der Waals surface area contributed by atoms with Crippen LogP contribution in [0.4, 0.5) is 0 Å². The first kappa shape index (κ1) is 18.1. The van der Waals surface area contributed by atoms with Crippen molar-refractivity contribution in [1.82, 2.24) is 19.6 Å². The van der Waals surface area contributed by atoms with Gasteiger partial charge in [0, 0.05) is 31.6 Å². The van der Waals surface area contributed by atoms with Crippen molar-refractivity contribution in [2.75, 3.05) is 39.3 Å². The van der Waals surface area contributed by atoms with E-state index in [9.17, 15) is 9.59 Å². The SMILES string of the molecule is O=C(Cn1ncc2ccccc2c1=O)N1CCCOC(CN2CCCC2)C1. The summed E-state index contributed by atoms with van der Waals surface area (Å²) in [5.41, 5.74) is -0.221. The van der Waals surface area contributed by atoms with Crippen LogP contribution in [0.5, 0.6) is 0 Å². The average Bonchev–Trinajstić information content (AvgIpc) is 3.08. The van der Waals surface area contributed by atoms with Crippen molar-refractivity contribution >= 4 is 16.7 Å². The summed E-state index contributed by atoms with van der Waals surface area (Å²) in [5, 5.41) is 5.57. The second kappa shape index (κ2) is 8.19. The number of carbonyl (C=O) groups is 1. The molecule has 0 radical (unpaired) electrons. The molecule has 0 saturated carbocycles. The predicted molar refractivity (Wildman–Crippen MR) is 103 cm³/mol. The average molecular weight is 370 g/mol. The lowest BCUT2D eigenvalue weighted by Crippen LogP contribution is -2.44. The Morgan fingerprint density at radius 1 is 1.15 bits per heavy atom. The molecule has 3 heterocycles. The first-order chi connectivity index (χ1) is 13.2. The van der Waals surface area contributed by atoms with E-state index in [2.05, 4.69) is 10.00 Å². The van der Waals surface area contributed by atoms with Crippen LogP contribution in [0, 0.1) is 0 Å². The maximum Gasteiger partial charge on any atom is 0.275 e. The van der Waals surface area contributed by atoms with Crippen molar-refractivity contribution in [3.63, 3.8) is 0 Å². The number of benzene rings is 1. The van der Waals surface area contributed by atoms with E-state index in [0.29, 0.717) is 25.1 Å². The van der Waals surface area contributed by atoms with Crippen LogP contribution >= 0.6 is 0 Å². The molecular weight excluding hydrogens is 344 g/mol. The summed E-state index contributed by atoms with van der Waals surface area (Å²) < 4.78 is 7.23. The molecule has 1 aromatic carbocycles. The molecule has 7 nitrogen and oxygen atoms in total. The van der Waals surface area contributed by atoms with Gasteiger partial charge in [-0.15, -0.1) is 0 Å². The summed E-state index contributed by atoms with van der Waals surface area (Å²) in [6.07, 6.45) is 4.99. The molecule has 7 heteroatoms. The molecule has 2 aliphatic heterocycles. The Morgan fingerprint density at radius 2 is 1.96 bits per heavy atom. The number of amides is 1. The van der Waals surface area contributed by atoms with E-state index in [1.165, 1.54) is 17.5 Å². The van der Waals surface area contributed by atoms with Crippen LogP contribution in [0.15, 0.2) is 35.3 Å². The van der Waals surface area contributed by atoms with E-state index in [1.54, 1.807) is 12.3 Å². The van der Waals surface area contributed by atoms with Crippen molar-refractivity contribution in [2.45, 2.75) is 31.9 Å². The molecule has 1 unspecified atom stereocenters. The number of ether oxygens (including phenoxy) is 1. The summed E-state index contributed by atoms with van der Waals surface area (Å²) in [6.45, 7) is 5.00. The molecule has 1 atom stereocenters. The van der Waals surface area contributed by atoms with Gasteiger partial charge in [0.05, 0.1) is 17.7 Å². The fourth-order valence-corrected chi connectivity index (χ4v) is 3.95. The first-order valence-electron chi connectivity index (χ1n) is 9.77. The highest BCUT2D eigenvalue weighted by atomic mass is 16.5. The van der Waals surface area contributed by atoms with Crippen LogP contribution in [-0.2, 0) is 16.1 Å². The fraction of sp³-hybridized carbons (Fsp3) is 0.550. The summed E-state index contributed by atoms with van der Waals surface area (Å²) in [4.78, 5) is 29.7. The maximum absolute atomic E-state index is 12.8. The minimum atomic E-state index is -0.221. The third kappa shape index (κ3) is 4.20. The minimum Gasteiger partial charge on any atom is -0.375 e. The van der Waals surface area contributed by atoms with Gasteiger partial charge in [-0.3, -0.25) is 9.59 Å². The van der Waals surface area contributed by atoms with Gasteiger partial charge in [0.25, 0.3) is 5.56 Å². The molecule has 0 spiro atoms. The molecule has 1 amide bonds. The zero-order valence-corrected chi connectivity index (χ0v) is 15.5. The van der Waals surface area contributed by atoms with Gasteiger partial charge in [-0.1, -0.05) is 18.2 Å². The zero-order chi connectivity index (χ0) is 18.6. The van der Waals surface area contributed by atoms with Gasteiger partial charge < -0.3 is 14.5 Å². The normalized spacial score (nSPS) is 21.5. The highest BCUT2D eigenvalue weighted by Gasteiger charge is 2.25. The van der Waals surface area contributed by atoms with Crippen LogP contribution < -0.4 is 5.56 Å². The van der Waals surface area contributed by atoms with E-state index in [1.807, 2.05) is 23.1 Å². The Morgan fingerprint density at radius 3 is 2.81 bits per heavy atom. The minimum absolute atomic E-state index is 0.0277. The number of fused-ring (bicyclic) bond motifs is 1. The van der Waals surface area contributed by atoms with Crippen LogP contribution in [0.2, 0.25) is 0 Å². The highest BCUT2D eigenvalue weighted by Crippen LogP contribution is 2.13. The largest absolute Gasteiger partial charge is 0.375 e. The number of aromatic nitrogens is 2. The smallest absolute Gasteiger partial charge is 0.275 e. The zero-order valence-electron chi connectivity index (χ0n) is 15.5. The van der Waals surface area contributed by atoms with Gasteiger partial charge in [0.15, 0.2) is 0 Å². The Labute approximate surface area is 158 Å². The van der Waals surface area contributed by atoms with Crippen molar-refractivity contribution < 1.29 is 9.53 Å². The van der Waals surface area contributed by atoms with E-state index in [0.717, 1.165) is 31.4 Å². The molecule has 0 aliphatic carbocycles. The third-order valence-electron chi connectivity index (χ3n) is 5.41. The number of hydrogen-bond acceptors (Lipinski definition) is 5. The molecule has 0 N–H and O–H groups in total. The van der Waals surface area contributed by atoms with Crippen molar-refractivity contribution in [1.29, 1.82) is 0 Å². The van der Waals surface area contributed by atoms with E-state index >= 15 is 0 Å². The van der Waals surface area contributed by atoms with Gasteiger partial charge in [0.1, 0.15) is 6.54 Å². The van der Waals surface area contributed by atoms with Crippen LogP contribution in [0.3, 0.4) is 0 Å². The predicted octanol–water partition coefficient (Wildman–Crippen LogP) is 1.11. The van der Waals surface area contributed by atoms with Crippen molar-refractivity contribution in [3.05, 3.63) is 40.8 Å². The quantitative estimate of drug-likeness (QED) is 0.807. The monoisotopic (exact) mass is 370 g/mol. The lowest BCUT2D eigenvalue weighted by Gasteiger charge is -2.27. The van der Waals surface area contributed by atoms with Crippen LogP contribution in [0.1, 0.15) is 19.3 Å². The highest BCUT2D eigenvalue weighted by molar-refractivity contribution is 5.81. The Kier molecular flexibility index (Phi) is 5.50. The van der Waals surface area contributed by atoms with Crippen molar-refractivity contribution in [2.24, 2.45) is 0 Å². The topological polar surface area (TPSA) is 67.7 Å². The van der Waals surface area contributed by atoms with Gasteiger partial charge in [0.2, 0.25) is 5.91 Å². The van der Waals surface area contributed by atoms with Gasteiger partial charge >= 0.3 is 0 Å². The number of hydrogen-bond donors (Lipinski definition) is 0. The molecule has 1 aromatic heterocycles. The van der Waals surface area contributed by atoms with Crippen molar-refractivity contribution in [3.8, 4) is 0 Å². The number of rotatable bonds is 4. The molecule has 4 rings (SSSR count). The number of likely N-dealkylation sites (tertiary alicyclic amines) is 1. The molecule has 2 saturated heterocycles. The number of nitrogens with zero attached hydrogens (tertiary/aromatic N) is 4. The molecule has 144 valence electrons. The Hall–Kier alpha value is -2.25. The molecule has 27 heavy (non-hydrogen) atoms. The van der Waals surface area contributed by atoms with Gasteiger partial charge in [-0.2, -0.15) is 5.10 Å².